The number of aromatic carboxylic acids is 2. The predicted octanol–water partition coefficient (Wildman–Crippen LogP) is 3.61. The summed E-state index contributed by atoms with van der Waals surface area (Å²) in [5.41, 5.74) is 21.1. The van der Waals surface area contributed by atoms with Crippen molar-refractivity contribution in [2.45, 2.75) is 88.5 Å². The fraction of sp³-hybridized carbons (Fsp3) is 0.271. The first-order valence-corrected chi connectivity index (χ1v) is 19.2. The summed E-state index contributed by atoms with van der Waals surface area (Å²) in [6.45, 7) is 20.3. The molecule has 0 aliphatic carbocycles. The molecule has 0 aliphatic rings. The second-order valence-corrected chi connectivity index (χ2v) is 13.8. The molecule has 62 heavy (non-hydrogen) atoms. The Morgan fingerprint density at radius 2 is 0.742 bits per heavy atom. The fourth-order valence-electron chi connectivity index (χ4n) is 5.41. The van der Waals surface area contributed by atoms with E-state index in [1.54, 1.807) is 44.2 Å². The summed E-state index contributed by atoms with van der Waals surface area (Å²) in [5, 5.41) is 24.9. The Kier molecular flexibility index (Phi) is 33.6. The summed E-state index contributed by atoms with van der Waals surface area (Å²) >= 11 is 0. The van der Waals surface area contributed by atoms with E-state index in [9.17, 15) is 29.1 Å². The van der Waals surface area contributed by atoms with Gasteiger partial charge in [0, 0.05) is 16.7 Å². The first-order valence-electron chi connectivity index (χ1n) is 19.2. The minimum absolute atomic E-state index is 0. The molecule has 0 spiro atoms. The van der Waals surface area contributed by atoms with Crippen molar-refractivity contribution in [1.82, 2.24) is 0 Å². The van der Waals surface area contributed by atoms with E-state index < -0.39 is 23.8 Å². The number of primary amides is 3. The molecule has 6 rings (SSSR count). The summed E-state index contributed by atoms with van der Waals surface area (Å²) in [6.07, 6.45) is 3.75. The quantitative estimate of drug-likeness (QED) is 0.186. The summed E-state index contributed by atoms with van der Waals surface area (Å²) in [5.74, 6) is -3.63. The van der Waals surface area contributed by atoms with Gasteiger partial charge in [-0.05, 0) is 119 Å². The monoisotopic (exact) mass is 887 g/mol. The van der Waals surface area contributed by atoms with Crippen molar-refractivity contribution in [3.8, 4) is 0 Å². The molecule has 11 nitrogen and oxygen atoms in total. The van der Waals surface area contributed by atoms with Gasteiger partial charge in [0.25, 0.3) is 0 Å². The van der Waals surface area contributed by atoms with E-state index in [0.717, 1.165) is 38.2 Å². The van der Waals surface area contributed by atoms with E-state index in [2.05, 4.69) is 59.7 Å². The number of carbonyl (C=O) groups is 5. The van der Waals surface area contributed by atoms with Gasteiger partial charge < -0.3 is 37.7 Å². The number of hydrogen-bond donors (Lipinski definition) is 4. The first-order chi connectivity index (χ1) is 27.3. The second-order valence-electron chi connectivity index (χ2n) is 13.8. The molecular formula is C48H60ClN3Na2O8. The summed E-state index contributed by atoms with van der Waals surface area (Å²) in [6, 6.07) is 26.3. The molecular weight excluding hydrogens is 828 g/mol. The van der Waals surface area contributed by atoms with Gasteiger partial charge in [-0.25, -0.2) is 4.79 Å². The van der Waals surface area contributed by atoms with Gasteiger partial charge in [-0.2, -0.15) is 0 Å². The number of aryl methyl sites for hydroxylation is 4. The average molecular weight is 888 g/mol. The van der Waals surface area contributed by atoms with Gasteiger partial charge in [0.15, 0.2) is 0 Å². The number of hydrogen-bond acceptors (Lipinski definition) is 7. The van der Waals surface area contributed by atoms with Crippen LogP contribution >= 0.6 is 12.4 Å². The molecule has 3 amide bonds. The normalized spacial score (nSPS) is 9.13. The molecule has 0 atom stereocenters. The summed E-state index contributed by atoms with van der Waals surface area (Å²) in [7, 11) is 0. The Bertz CT molecular complexity index is 2290. The van der Waals surface area contributed by atoms with Gasteiger partial charge in [-0.3, -0.25) is 14.4 Å². The van der Waals surface area contributed by atoms with Gasteiger partial charge in [0.1, 0.15) is 0 Å². The van der Waals surface area contributed by atoms with Gasteiger partial charge >= 0.3 is 65.1 Å². The number of amides is 3. The van der Waals surface area contributed by atoms with Crippen LogP contribution in [0.1, 0.15) is 135 Å². The molecule has 0 aromatic heterocycles. The number of nitrogens with two attached hydrogens (primary N) is 3. The SMILES string of the molecule is CCC.CCC.CCC.Cc1cc2ccc(C(=O)O)cc2cc1C(N)=O.Cc1cc2ccc(C(=O)[O-])cc2cc1C(N)=O.Cc1ccc2cc(C)c(C(N)=O)cc2c1.Cl.[Na+].[Na+].[OH-]. The van der Waals surface area contributed by atoms with Crippen molar-refractivity contribution in [2.75, 3.05) is 0 Å². The van der Waals surface area contributed by atoms with Crippen LogP contribution in [0.4, 0.5) is 0 Å². The maximum absolute atomic E-state index is 11.2. The van der Waals surface area contributed by atoms with Gasteiger partial charge in [0.05, 0.1) is 11.5 Å². The molecule has 0 aliphatic heterocycles. The van der Waals surface area contributed by atoms with Crippen molar-refractivity contribution < 1.29 is 98.8 Å². The maximum Gasteiger partial charge on any atom is 1.00 e. The molecule has 6 aromatic carbocycles. The van der Waals surface area contributed by atoms with Crippen LogP contribution in [0, 0.1) is 27.7 Å². The zero-order valence-corrected chi connectivity index (χ0v) is 43.1. The molecule has 0 saturated carbocycles. The van der Waals surface area contributed by atoms with Gasteiger partial charge in [0.2, 0.25) is 17.7 Å². The number of rotatable bonds is 5. The largest absolute Gasteiger partial charge is 1.00 e. The Hall–Kier alpha value is -4.30. The Morgan fingerprint density at radius 1 is 0.468 bits per heavy atom. The number of halogens is 1. The van der Waals surface area contributed by atoms with Crippen LogP contribution in [0.15, 0.2) is 91.0 Å². The van der Waals surface area contributed by atoms with Gasteiger partial charge in [-0.15, -0.1) is 12.4 Å². The number of carboxylic acid groups (broad SMARTS) is 2. The number of fused-ring (bicyclic) bond motifs is 3. The molecule has 0 heterocycles. The van der Waals surface area contributed by atoms with Crippen LogP contribution in [-0.4, -0.2) is 40.2 Å². The first kappa shape index (κ1) is 64.3. The minimum atomic E-state index is -1.24. The predicted molar refractivity (Wildman–Crippen MR) is 245 cm³/mol. The number of carboxylic acids is 2. The van der Waals surface area contributed by atoms with Crippen LogP contribution < -0.4 is 81.4 Å². The molecule has 8 N–H and O–H groups in total. The van der Waals surface area contributed by atoms with Crippen LogP contribution in [0.3, 0.4) is 0 Å². The number of benzene rings is 6. The van der Waals surface area contributed by atoms with Crippen molar-refractivity contribution >= 4 is 74.4 Å². The average Bonchev–Trinajstić information content (AvgIpc) is 3.15. The zero-order valence-electron chi connectivity index (χ0n) is 38.3. The smallest absolute Gasteiger partial charge is 0.870 e. The Balaban J connectivity index is -0.000000360. The van der Waals surface area contributed by atoms with Crippen molar-refractivity contribution in [3.05, 3.63) is 141 Å². The molecule has 0 bridgehead atoms. The number of carbonyl (C=O) groups excluding carboxylic acids is 4. The minimum Gasteiger partial charge on any atom is -0.870 e. The second kappa shape index (κ2) is 32.4. The van der Waals surface area contributed by atoms with Crippen molar-refractivity contribution in [2.24, 2.45) is 17.2 Å². The van der Waals surface area contributed by atoms with Crippen LogP contribution in [0.5, 0.6) is 0 Å². The fourth-order valence-corrected chi connectivity index (χ4v) is 5.41. The van der Waals surface area contributed by atoms with E-state index >= 15 is 0 Å². The molecule has 0 unspecified atom stereocenters. The van der Waals surface area contributed by atoms with Crippen LogP contribution in [-0.2, 0) is 0 Å². The molecule has 324 valence electrons. The van der Waals surface area contributed by atoms with E-state index in [1.165, 1.54) is 49.1 Å². The summed E-state index contributed by atoms with van der Waals surface area (Å²) < 4.78 is 0. The van der Waals surface area contributed by atoms with Crippen LogP contribution in [0.25, 0.3) is 32.3 Å². The van der Waals surface area contributed by atoms with Crippen molar-refractivity contribution in [3.63, 3.8) is 0 Å². The third kappa shape index (κ3) is 20.3. The maximum atomic E-state index is 11.2. The van der Waals surface area contributed by atoms with Crippen molar-refractivity contribution in [1.29, 1.82) is 0 Å². The van der Waals surface area contributed by atoms with E-state index in [1.807, 2.05) is 32.0 Å². The van der Waals surface area contributed by atoms with E-state index in [4.69, 9.17) is 22.3 Å². The third-order valence-electron chi connectivity index (χ3n) is 7.98. The van der Waals surface area contributed by atoms with Crippen LogP contribution in [0.2, 0.25) is 0 Å². The molecule has 0 radical (unpaired) electrons. The summed E-state index contributed by atoms with van der Waals surface area (Å²) in [4.78, 5) is 55.1. The van der Waals surface area contributed by atoms with E-state index in [0.29, 0.717) is 27.5 Å². The van der Waals surface area contributed by atoms with E-state index in [-0.39, 0.29) is 94.0 Å². The molecule has 14 heteroatoms. The molecule has 6 aromatic rings. The standard InChI is InChI=1S/2C13H11NO3.C13H13NO.3C3H8.ClH.2Na.H2O/c2*1-7-4-8-2-3-9(13(16)17)5-10(8)6-11(7)12(14)15;1-8-3-4-10-6-9(2)12(13(14)15)7-11(10)5-8;3*1-3-2;;;;/h2*2-6H,1H3,(H2,14,15)(H,16,17);3-7H,1-2H3,(H2,14,15);3*3H2,1-2H3;1H;;;1H2/q;;;;;;;2*+1;/p-2. The topological polar surface area (TPSA) is 237 Å². The molecule has 0 saturated heterocycles. The van der Waals surface area contributed by atoms with Gasteiger partial charge in [-0.1, -0.05) is 121 Å². The Morgan fingerprint density at radius 3 is 1.03 bits per heavy atom. The molecule has 0 fully saturated rings. The zero-order chi connectivity index (χ0) is 44.3. The Labute approximate surface area is 416 Å². The third-order valence-corrected chi connectivity index (χ3v) is 7.98.